The van der Waals surface area contributed by atoms with Crippen LogP contribution in [0.4, 0.5) is 0 Å². The van der Waals surface area contributed by atoms with Crippen molar-refractivity contribution in [3.8, 4) is 0 Å². The fourth-order valence-electron chi connectivity index (χ4n) is 3.86. The maximum Gasteiger partial charge on any atom is 0.0375 e. The van der Waals surface area contributed by atoms with Gasteiger partial charge in [-0.3, -0.25) is 4.90 Å². The molecule has 1 saturated carbocycles. The summed E-state index contributed by atoms with van der Waals surface area (Å²) in [6.45, 7) is 14.5. The average Bonchev–Trinajstić information content (AvgIpc) is 2.63. The topological polar surface area (TPSA) is 15.3 Å². The summed E-state index contributed by atoms with van der Waals surface area (Å²) in [5.41, 5.74) is 1.89. The highest BCUT2D eigenvalue weighted by molar-refractivity contribution is 4.98. The lowest BCUT2D eigenvalue weighted by molar-refractivity contribution is 0.111. The van der Waals surface area contributed by atoms with Crippen LogP contribution >= 0.6 is 0 Å². The molecule has 1 atom stereocenters. The summed E-state index contributed by atoms with van der Waals surface area (Å²) in [5.74, 6) is 0.967. The maximum absolute atomic E-state index is 4.14. The minimum atomic E-state index is 0.504. The molecular weight excluding hydrogens is 220 g/mol. The van der Waals surface area contributed by atoms with E-state index >= 15 is 0 Å². The van der Waals surface area contributed by atoms with Crippen LogP contribution in [0.1, 0.15) is 52.9 Å². The number of nitrogens with one attached hydrogen (secondary N) is 1. The lowest BCUT2D eigenvalue weighted by atomic mass is 9.76. The Labute approximate surface area is 113 Å². The van der Waals surface area contributed by atoms with E-state index < -0.39 is 0 Å². The molecule has 1 aliphatic carbocycles. The van der Waals surface area contributed by atoms with E-state index in [0.29, 0.717) is 11.5 Å². The standard InChI is InChI=1S/C16H30N2/c1-13(2)17-15(4)12-18-9-7-16(8-10-18)6-5-14(3)11-16/h13-14,17H,4-12H2,1-3H3. The van der Waals surface area contributed by atoms with Crippen LogP contribution in [-0.4, -0.2) is 30.6 Å². The van der Waals surface area contributed by atoms with Gasteiger partial charge in [0, 0.05) is 18.3 Å². The van der Waals surface area contributed by atoms with Crippen molar-refractivity contribution in [1.29, 1.82) is 0 Å². The minimum Gasteiger partial charge on any atom is -0.386 e. The molecule has 1 spiro atoms. The predicted octanol–water partition coefficient (Wildman–Crippen LogP) is 3.40. The van der Waals surface area contributed by atoms with Crippen molar-refractivity contribution in [2.75, 3.05) is 19.6 Å². The zero-order valence-electron chi connectivity index (χ0n) is 12.5. The number of piperidine rings is 1. The van der Waals surface area contributed by atoms with Crippen molar-refractivity contribution in [1.82, 2.24) is 10.2 Å². The summed E-state index contributed by atoms with van der Waals surface area (Å²) < 4.78 is 0. The molecule has 2 fully saturated rings. The molecule has 1 saturated heterocycles. The van der Waals surface area contributed by atoms with E-state index in [-0.39, 0.29) is 0 Å². The van der Waals surface area contributed by atoms with Crippen LogP contribution < -0.4 is 5.32 Å². The molecule has 0 amide bonds. The highest BCUT2D eigenvalue weighted by atomic mass is 15.2. The number of likely N-dealkylation sites (tertiary alicyclic amines) is 1. The van der Waals surface area contributed by atoms with Gasteiger partial charge < -0.3 is 5.32 Å². The SMILES string of the molecule is C=C(CN1CCC2(CCC(C)C2)CC1)NC(C)C. The van der Waals surface area contributed by atoms with E-state index in [4.69, 9.17) is 0 Å². The molecule has 0 aromatic carbocycles. The molecule has 2 rings (SSSR count). The van der Waals surface area contributed by atoms with Gasteiger partial charge in [-0.05, 0) is 64.0 Å². The van der Waals surface area contributed by atoms with Crippen molar-refractivity contribution in [3.63, 3.8) is 0 Å². The second-order valence-corrected chi connectivity index (χ2v) is 7.03. The first-order chi connectivity index (χ1) is 8.49. The number of rotatable bonds is 4. The van der Waals surface area contributed by atoms with Crippen LogP contribution in [0.25, 0.3) is 0 Å². The van der Waals surface area contributed by atoms with Crippen LogP contribution in [0.2, 0.25) is 0 Å². The molecule has 2 heteroatoms. The first-order valence-corrected chi connectivity index (χ1v) is 7.66. The van der Waals surface area contributed by atoms with Gasteiger partial charge in [0.1, 0.15) is 0 Å². The van der Waals surface area contributed by atoms with E-state index in [0.717, 1.165) is 12.5 Å². The van der Waals surface area contributed by atoms with E-state index in [1.54, 1.807) is 0 Å². The second kappa shape index (κ2) is 5.64. The van der Waals surface area contributed by atoms with Gasteiger partial charge in [-0.1, -0.05) is 19.9 Å². The van der Waals surface area contributed by atoms with Gasteiger partial charge in [-0.15, -0.1) is 0 Å². The maximum atomic E-state index is 4.14. The van der Waals surface area contributed by atoms with Gasteiger partial charge in [0.05, 0.1) is 0 Å². The van der Waals surface area contributed by atoms with Crippen LogP contribution in [0.5, 0.6) is 0 Å². The highest BCUT2D eigenvalue weighted by Gasteiger charge is 2.39. The van der Waals surface area contributed by atoms with E-state index in [2.05, 4.69) is 37.6 Å². The summed E-state index contributed by atoms with van der Waals surface area (Å²) in [7, 11) is 0. The summed E-state index contributed by atoms with van der Waals surface area (Å²) in [6.07, 6.45) is 7.24. The third-order valence-electron chi connectivity index (χ3n) is 4.77. The number of hydrogen-bond acceptors (Lipinski definition) is 2. The normalized spacial score (nSPS) is 27.9. The lowest BCUT2D eigenvalue weighted by Crippen LogP contribution is -2.41. The Hall–Kier alpha value is -0.500. The fourth-order valence-corrected chi connectivity index (χ4v) is 3.86. The molecule has 1 N–H and O–H groups in total. The second-order valence-electron chi connectivity index (χ2n) is 7.03. The van der Waals surface area contributed by atoms with Gasteiger partial charge >= 0.3 is 0 Å². The molecule has 0 bridgehead atoms. The molecule has 104 valence electrons. The summed E-state index contributed by atoms with van der Waals surface area (Å²) >= 11 is 0. The minimum absolute atomic E-state index is 0.504. The van der Waals surface area contributed by atoms with Crippen molar-refractivity contribution in [2.45, 2.75) is 58.9 Å². The molecule has 1 aliphatic heterocycles. The number of nitrogens with zero attached hydrogens (tertiary/aromatic N) is 1. The van der Waals surface area contributed by atoms with Gasteiger partial charge in [-0.2, -0.15) is 0 Å². The first kappa shape index (κ1) is 13.9. The van der Waals surface area contributed by atoms with E-state index in [1.165, 1.54) is 50.9 Å². The Morgan fingerprint density at radius 2 is 2.00 bits per heavy atom. The highest BCUT2D eigenvalue weighted by Crippen LogP contribution is 2.48. The summed E-state index contributed by atoms with van der Waals surface area (Å²) in [5, 5.41) is 3.42. The van der Waals surface area contributed by atoms with Crippen LogP contribution in [0, 0.1) is 11.3 Å². The molecule has 2 aliphatic rings. The lowest BCUT2D eigenvalue weighted by Gasteiger charge is -2.40. The Kier molecular flexibility index (Phi) is 4.37. The van der Waals surface area contributed by atoms with Gasteiger partial charge in [-0.25, -0.2) is 0 Å². The monoisotopic (exact) mass is 250 g/mol. The Bertz CT molecular complexity index is 287. The fraction of sp³-hybridized carbons (Fsp3) is 0.875. The Morgan fingerprint density at radius 1 is 1.33 bits per heavy atom. The largest absolute Gasteiger partial charge is 0.386 e. The van der Waals surface area contributed by atoms with Crippen LogP contribution in [-0.2, 0) is 0 Å². The zero-order chi connectivity index (χ0) is 13.2. The first-order valence-electron chi connectivity index (χ1n) is 7.66. The molecular formula is C16H30N2. The van der Waals surface area contributed by atoms with Crippen molar-refractivity contribution in [2.24, 2.45) is 11.3 Å². The Balaban J connectivity index is 1.75. The quantitative estimate of drug-likeness (QED) is 0.822. The van der Waals surface area contributed by atoms with Gasteiger partial charge in [0.2, 0.25) is 0 Å². The zero-order valence-corrected chi connectivity index (χ0v) is 12.5. The van der Waals surface area contributed by atoms with Gasteiger partial charge in [0.15, 0.2) is 0 Å². The van der Waals surface area contributed by atoms with Crippen molar-refractivity contribution in [3.05, 3.63) is 12.3 Å². The number of hydrogen-bond donors (Lipinski definition) is 1. The predicted molar refractivity (Wildman–Crippen MR) is 78.5 cm³/mol. The molecule has 0 aromatic rings. The average molecular weight is 250 g/mol. The summed E-state index contributed by atoms with van der Waals surface area (Å²) in [4.78, 5) is 2.58. The van der Waals surface area contributed by atoms with E-state index in [1.807, 2.05) is 0 Å². The van der Waals surface area contributed by atoms with E-state index in [9.17, 15) is 0 Å². The van der Waals surface area contributed by atoms with Gasteiger partial charge in [0.25, 0.3) is 0 Å². The molecule has 18 heavy (non-hydrogen) atoms. The third-order valence-corrected chi connectivity index (χ3v) is 4.77. The van der Waals surface area contributed by atoms with Crippen molar-refractivity contribution >= 4 is 0 Å². The molecule has 1 unspecified atom stereocenters. The van der Waals surface area contributed by atoms with Crippen molar-refractivity contribution < 1.29 is 0 Å². The van der Waals surface area contributed by atoms with Crippen LogP contribution in [0.3, 0.4) is 0 Å². The summed E-state index contributed by atoms with van der Waals surface area (Å²) in [6, 6.07) is 0.504. The molecule has 0 radical (unpaired) electrons. The third kappa shape index (κ3) is 3.50. The van der Waals surface area contributed by atoms with Crippen LogP contribution in [0.15, 0.2) is 12.3 Å². The smallest absolute Gasteiger partial charge is 0.0375 e. The molecule has 0 aromatic heterocycles. The molecule has 1 heterocycles. The molecule has 2 nitrogen and oxygen atoms in total. The Morgan fingerprint density at radius 3 is 2.50 bits per heavy atom.